The fourth-order valence-electron chi connectivity index (χ4n) is 5.80. The Bertz CT molecular complexity index is 1600. The molecule has 0 spiro atoms. The van der Waals surface area contributed by atoms with Crippen molar-refractivity contribution in [3.8, 4) is 11.5 Å². The van der Waals surface area contributed by atoms with Crippen molar-refractivity contribution in [2.75, 3.05) is 27.4 Å². The second kappa shape index (κ2) is 9.50. The number of piperazine rings is 1. The molecule has 1 saturated heterocycles. The molecule has 39 heavy (non-hydrogen) atoms. The van der Waals surface area contributed by atoms with Gasteiger partial charge in [0.1, 0.15) is 6.04 Å². The quantitative estimate of drug-likeness (QED) is 0.407. The first-order valence-electron chi connectivity index (χ1n) is 12.7. The highest BCUT2D eigenvalue weighted by atomic mass is 16.7. The number of ether oxygens (including phenoxy) is 2. The molecule has 3 aliphatic heterocycles. The summed E-state index contributed by atoms with van der Waals surface area (Å²) in [5.74, 6) is 0.577. The Morgan fingerprint density at radius 1 is 1.13 bits per heavy atom. The van der Waals surface area contributed by atoms with Crippen LogP contribution in [0.25, 0.3) is 10.9 Å². The molecule has 1 N–H and O–H groups in total. The molecular formula is C30H28N4O5. The molecule has 9 nitrogen and oxygen atoms in total. The average molecular weight is 525 g/mol. The van der Waals surface area contributed by atoms with E-state index in [1.165, 1.54) is 11.0 Å². The number of carbonyl (C=O) groups excluding carboxylic acids is 3. The molecule has 4 heterocycles. The lowest BCUT2D eigenvalue weighted by atomic mass is 9.86. The van der Waals surface area contributed by atoms with Crippen LogP contribution in [0, 0.1) is 0 Å². The molecule has 3 aromatic rings. The number of amides is 2. The maximum absolute atomic E-state index is 14.2. The first-order valence-corrected chi connectivity index (χ1v) is 12.7. The molecule has 2 aromatic carbocycles. The molecule has 2 amide bonds. The molecule has 6 rings (SSSR count). The van der Waals surface area contributed by atoms with Gasteiger partial charge in [0.25, 0.3) is 5.91 Å². The molecule has 9 heteroatoms. The minimum atomic E-state index is -0.700. The summed E-state index contributed by atoms with van der Waals surface area (Å²) in [5, 5.41) is 3.78. The third kappa shape index (κ3) is 3.80. The smallest absolute Gasteiger partial charge is 0.262 e. The predicted molar refractivity (Wildman–Crippen MR) is 145 cm³/mol. The van der Waals surface area contributed by atoms with Gasteiger partial charge in [-0.15, -0.1) is 0 Å². The standard InChI is InChI=1S/C30H28N4O5/c1-4-18(8-7-13-31-2)29(36)34-22-10-6-5-9-20(22)21-15-23-30(37)32(3)16-26(35)33(23)27(28(21)34)19-11-12-24-25(14-19)39-17-38-24/h4-14,23,27,31H,1,15-17H2,2-3H3/b13-7-,18-8+/t23-,27-/m1/s1. The number of hydrogen-bond donors (Lipinski definition) is 1. The molecule has 3 aliphatic rings. The minimum absolute atomic E-state index is 0.0352. The molecule has 1 fully saturated rings. The van der Waals surface area contributed by atoms with Gasteiger partial charge in [-0.05, 0) is 47.7 Å². The zero-order valence-electron chi connectivity index (χ0n) is 21.7. The summed E-state index contributed by atoms with van der Waals surface area (Å²) >= 11 is 0. The van der Waals surface area contributed by atoms with Crippen LogP contribution in [0.4, 0.5) is 0 Å². The zero-order valence-corrected chi connectivity index (χ0v) is 21.7. The number of nitrogens with one attached hydrogen (secondary N) is 1. The topological polar surface area (TPSA) is 93.1 Å². The van der Waals surface area contributed by atoms with Crippen molar-refractivity contribution in [3.05, 3.63) is 95.9 Å². The molecular weight excluding hydrogens is 496 g/mol. The van der Waals surface area contributed by atoms with E-state index in [9.17, 15) is 14.4 Å². The zero-order chi connectivity index (χ0) is 27.3. The molecule has 0 saturated carbocycles. The summed E-state index contributed by atoms with van der Waals surface area (Å²) in [7, 11) is 3.42. The van der Waals surface area contributed by atoms with Crippen molar-refractivity contribution >= 4 is 28.6 Å². The largest absolute Gasteiger partial charge is 0.454 e. The van der Waals surface area contributed by atoms with Gasteiger partial charge in [-0.25, -0.2) is 0 Å². The molecule has 0 bridgehead atoms. The summed E-state index contributed by atoms with van der Waals surface area (Å²) in [4.78, 5) is 44.3. The first kappa shape index (κ1) is 24.5. The van der Waals surface area contributed by atoms with Crippen molar-refractivity contribution in [2.24, 2.45) is 0 Å². The Morgan fingerprint density at radius 2 is 1.92 bits per heavy atom. The number of benzene rings is 2. The molecule has 198 valence electrons. The summed E-state index contributed by atoms with van der Waals surface area (Å²) in [6.45, 7) is 3.94. The van der Waals surface area contributed by atoms with E-state index in [2.05, 4.69) is 11.9 Å². The van der Waals surface area contributed by atoms with E-state index in [1.807, 2.05) is 36.4 Å². The lowest BCUT2D eigenvalue weighted by Gasteiger charge is -2.46. The number of rotatable bonds is 5. The number of hydrogen-bond acceptors (Lipinski definition) is 6. The summed E-state index contributed by atoms with van der Waals surface area (Å²) < 4.78 is 12.8. The summed E-state index contributed by atoms with van der Waals surface area (Å²) in [6.07, 6.45) is 6.97. The van der Waals surface area contributed by atoms with Crippen molar-refractivity contribution in [2.45, 2.75) is 18.5 Å². The third-order valence-electron chi connectivity index (χ3n) is 7.53. The van der Waals surface area contributed by atoms with Crippen molar-refractivity contribution in [1.29, 1.82) is 0 Å². The Morgan fingerprint density at radius 3 is 2.72 bits per heavy atom. The lowest BCUT2D eigenvalue weighted by molar-refractivity contribution is -0.157. The van der Waals surface area contributed by atoms with E-state index in [4.69, 9.17) is 9.47 Å². The van der Waals surface area contributed by atoms with Crippen molar-refractivity contribution < 1.29 is 23.9 Å². The number of aromatic nitrogens is 1. The van der Waals surface area contributed by atoms with Crippen LogP contribution in [0.5, 0.6) is 11.5 Å². The van der Waals surface area contributed by atoms with E-state index in [0.717, 1.165) is 16.5 Å². The second-order valence-electron chi connectivity index (χ2n) is 9.73. The van der Waals surface area contributed by atoms with Crippen molar-refractivity contribution in [1.82, 2.24) is 19.7 Å². The molecule has 2 atom stereocenters. The SMILES string of the molecule is C=C/C(=C\C=C/NC)C(=O)n1c2c(c3ccccc31)C[C@@H]1C(=O)N(C)CC(=O)N1[C@@H]2c1ccc2c(c1)OCO2. The van der Waals surface area contributed by atoms with Crippen LogP contribution in [0.1, 0.15) is 27.7 Å². The highest BCUT2D eigenvalue weighted by Gasteiger charge is 2.49. The second-order valence-corrected chi connectivity index (χ2v) is 9.73. The number of likely N-dealkylation sites (N-methyl/N-ethyl adjacent to an activating group) is 1. The number of nitrogens with zero attached hydrogens (tertiary/aromatic N) is 3. The van der Waals surface area contributed by atoms with Gasteiger partial charge >= 0.3 is 0 Å². The Labute approximate surface area is 225 Å². The van der Waals surface area contributed by atoms with Gasteiger partial charge in [0.15, 0.2) is 11.5 Å². The minimum Gasteiger partial charge on any atom is -0.454 e. The predicted octanol–water partition coefficient (Wildman–Crippen LogP) is 3.17. The fourth-order valence-corrected chi connectivity index (χ4v) is 5.80. The Balaban J connectivity index is 1.64. The van der Waals surface area contributed by atoms with Gasteiger partial charge in [-0.3, -0.25) is 19.0 Å². The number of fused-ring (bicyclic) bond motifs is 5. The first-order chi connectivity index (χ1) is 18.9. The highest BCUT2D eigenvalue weighted by molar-refractivity contribution is 6.06. The van der Waals surface area contributed by atoms with Gasteiger partial charge in [-0.1, -0.05) is 36.9 Å². The van der Waals surface area contributed by atoms with Gasteiger partial charge in [-0.2, -0.15) is 0 Å². The van der Waals surface area contributed by atoms with Crippen LogP contribution < -0.4 is 14.8 Å². The van der Waals surface area contributed by atoms with E-state index in [-0.39, 0.29) is 31.1 Å². The van der Waals surface area contributed by atoms with Crippen LogP contribution >= 0.6 is 0 Å². The van der Waals surface area contributed by atoms with E-state index >= 15 is 0 Å². The Hall–Kier alpha value is -4.79. The number of carbonyl (C=O) groups is 3. The van der Waals surface area contributed by atoms with Crippen LogP contribution in [0.15, 0.2) is 79.0 Å². The maximum Gasteiger partial charge on any atom is 0.262 e. The fraction of sp³-hybridized carbons (Fsp3) is 0.233. The van der Waals surface area contributed by atoms with Gasteiger partial charge in [0.05, 0.1) is 23.8 Å². The lowest BCUT2D eigenvalue weighted by Crippen LogP contribution is -2.62. The van der Waals surface area contributed by atoms with Crippen LogP contribution in [0.2, 0.25) is 0 Å². The van der Waals surface area contributed by atoms with Gasteiger partial charge in [0, 0.05) is 31.5 Å². The van der Waals surface area contributed by atoms with Crippen molar-refractivity contribution in [3.63, 3.8) is 0 Å². The van der Waals surface area contributed by atoms with Crippen LogP contribution in [-0.4, -0.2) is 65.6 Å². The normalized spacial score (nSPS) is 20.4. The Kier molecular flexibility index (Phi) is 5.98. The average Bonchev–Trinajstić information content (AvgIpc) is 3.55. The molecule has 1 aromatic heterocycles. The highest BCUT2D eigenvalue weighted by Crippen LogP contribution is 2.46. The van der Waals surface area contributed by atoms with E-state index in [1.54, 1.807) is 48.0 Å². The third-order valence-corrected chi connectivity index (χ3v) is 7.53. The van der Waals surface area contributed by atoms with E-state index < -0.39 is 12.1 Å². The summed E-state index contributed by atoms with van der Waals surface area (Å²) in [6, 6.07) is 11.8. The molecule has 0 unspecified atom stereocenters. The number of allylic oxidation sites excluding steroid dienone is 4. The molecule has 0 radical (unpaired) electrons. The van der Waals surface area contributed by atoms with Crippen LogP contribution in [-0.2, 0) is 16.0 Å². The monoisotopic (exact) mass is 524 g/mol. The van der Waals surface area contributed by atoms with Gasteiger partial charge in [0.2, 0.25) is 18.6 Å². The van der Waals surface area contributed by atoms with Gasteiger partial charge < -0.3 is 24.6 Å². The summed E-state index contributed by atoms with van der Waals surface area (Å²) in [5.41, 5.74) is 3.35. The van der Waals surface area contributed by atoms with E-state index in [0.29, 0.717) is 34.7 Å². The number of para-hydroxylation sites is 1. The maximum atomic E-state index is 14.2. The van der Waals surface area contributed by atoms with Crippen LogP contribution in [0.3, 0.4) is 0 Å². The molecule has 0 aliphatic carbocycles.